The van der Waals surface area contributed by atoms with Crippen LogP contribution in [0.15, 0.2) is 36.9 Å². The minimum Gasteiger partial charge on any atom is -0.467 e. The Morgan fingerprint density at radius 3 is 3.00 bits per heavy atom. The molecule has 4 aromatic rings. The number of benzene rings is 1. The third-order valence-corrected chi connectivity index (χ3v) is 4.75. The molecule has 0 saturated heterocycles. The molecule has 10 heteroatoms. The smallest absolute Gasteiger partial charge is 0.257 e. The van der Waals surface area contributed by atoms with Gasteiger partial charge in [-0.25, -0.2) is 19.9 Å². The molecule has 29 heavy (non-hydrogen) atoms. The van der Waals surface area contributed by atoms with Gasteiger partial charge in [0.05, 0.1) is 28.5 Å². The third kappa shape index (κ3) is 3.77. The highest BCUT2D eigenvalue weighted by Gasteiger charge is 2.17. The maximum Gasteiger partial charge on any atom is 0.257 e. The molecule has 148 valence electrons. The molecule has 3 heterocycles. The summed E-state index contributed by atoms with van der Waals surface area (Å²) in [5.74, 6) is 0.654. The van der Waals surface area contributed by atoms with E-state index in [4.69, 9.17) is 16.3 Å². The number of H-pyrrole nitrogens is 1. The van der Waals surface area contributed by atoms with E-state index in [1.807, 2.05) is 25.1 Å². The number of anilines is 1. The van der Waals surface area contributed by atoms with Gasteiger partial charge in [0.15, 0.2) is 18.1 Å². The number of hydrogen-bond donors (Lipinski definition) is 3. The molecule has 0 aliphatic rings. The number of halogens is 1. The Morgan fingerprint density at radius 2 is 2.17 bits per heavy atom. The van der Waals surface area contributed by atoms with Gasteiger partial charge in [0.25, 0.3) is 5.91 Å². The Morgan fingerprint density at radius 1 is 1.31 bits per heavy atom. The van der Waals surface area contributed by atoms with Gasteiger partial charge in [-0.3, -0.25) is 4.79 Å². The summed E-state index contributed by atoms with van der Waals surface area (Å²) in [5.41, 5.74) is 1.99. The summed E-state index contributed by atoms with van der Waals surface area (Å²) < 4.78 is 5.67. The summed E-state index contributed by atoms with van der Waals surface area (Å²) in [7, 11) is 1.55. The molecular weight excluding hydrogens is 394 g/mol. The molecule has 4 rings (SSSR count). The van der Waals surface area contributed by atoms with E-state index >= 15 is 0 Å². The Balaban J connectivity index is 1.71. The minimum atomic E-state index is -0.258. The molecule has 0 saturated carbocycles. The SMILES string of the molecule is CNC(=O)COc1nc([C@H](C)Nc2ncnc3nc[nH]c23)cc2cccc(Cl)c12. The molecule has 1 aromatic carbocycles. The van der Waals surface area contributed by atoms with Crippen LogP contribution in [0.2, 0.25) is 5.02 Å². The quantitative estimate of drug-likeness (QED) is 0.446. The fourth-order valence-corrected chi connectivity index (χ4v) is 3.20. The van der Waals surface area contributed by atoms with Crippen LogP contribution in [0.1, 0.15) is 18.7 Å². The second-order valence-corrected chi connectivity index (χ2v) is 6.75. The van der Waals surface area contributed by atoms with Gasteiger partial charge in [0.1, 0.15) is 11.8 Å². The number of rotatable bonds is 6. The molecule has 0 fully saturated rings. The monoisotopic (exact) mass is 411 g/mol. The summed E-state index contributed by atoms with van der Waals surface area (Å²) in [6.07, 6.45) is 3.01. The number of carbonyl (C=O) groups excluding carboxylic acids is 1. The number of aromatic nitrogens is 5. The largest absolute Gasteiger partial charge is 0.467 e. The van der Waals surface area contributed by atoms with Crippen molar-refractivity contribution in [1.29, 1.82) is 0 Å². The molecule has 0 bridgehead atoms. The molecule has 0 aliphatic heterocycles. The predicted octanol–water partition coefficient (Wildman–Crippen LogP) is 2.85. The lowest BCUT2D eigenvalue weighted by atomic mass is 10.1. The fourth-order valence-electron chi connectivity index (χ4n) is 2.94. The van der Waals surface area contributed by atoms with Crippen molar-refractivity contribution in [1.82, 2.24) is 30.2 Å². The van der Waals surface area contributed by atoms with Crippen molar-refractivity contribution in [3.8, 4) is 5.88 Å². The topological polar surface area (TPSA) is 118 Å². The van der Waals surface area contributed by atoms with Crippen LogP contribution < -0.4 is 15.4 Å². The van der Waals surface area contributed by atoms with E-state index in [9.17, 15) is 4.79 Å². The molecule has 3 N–H and O–H groups in total. The first-order chi connectivity index (χ1) is 14.1. The molecule has 9 nitrogen and oxygen atoms in total. The van der Waals surface area contributed by atoms with Crippen LogP contribution >= 0.6 is 11.6 Å². The number of likely N-dealkylation sites (N-methyl/N-ethyl adjacent to an activating group) is 1. The summed E-state index contributed by atoms with van der Waals surface area (Å²) >= 11 is 6.36. The number of fused-ring (bicyclic) bond motifs is 2. The van der Waals surface area contributed by atoms with Gasteiger partial charge < -0.3 is 20.4 Å². The normalized spacial score (nSPS) is 12.1. The number of pyridine rings is 1. The van der Waals surface area contributed by atoms with Crippen molar-refractivity contribution in [2.75, 3.05) is 19.0 Å². The van der Waals surface area contributed by atoms with Crippen molar-refractivity contribution in [3.63, 3.8) is 0 Å². The fraction of sp³-hybridized carbons (Fsp3) is 0.211. The van der Waals surface area contributed by atoms with Crippen LogP contribution in [0, 0.1) is 0 Å². The molecule has 0 spiro atoms. The highest BCUT2D eigenvalue weighted by molar-refractivity contribution is 6.36. The van der Waals surface area contributed by atoms with E-state index in [-0.39, 0.29) is 18.6 Å². The molecular formula is C19H18ClN7O2. The van der Waals surface area contributed by atoms with E-state index in [2.05, 4.69) is 35.6 Å². The number of imidazole rings is 1. The number of ether oxygens (including phenoxy) is 1. The summed E-state index contributed by atoms with van der Waals surface area (Å²) in [5, 5.41) is 7.86. The highest BCUT2D eigenvalue weighted by Crippen LogP contribution is 2.33. The van der Waals surface area contributed by atoms with Gasteiger partial charge in [-0.15, -0.1) is 0 Å². The highest BCUT2D eigenvalue weighted by atomic mass is 35.5. The van der Waals surface area contributed by atoms with E-state index < -0.39 is 0 Å². The summed E-state index contributed by atoms with van der Waals surface area (Å²) in [6.45, 7) is 1.79. The van der Waals surface area contributed by atoms with Crippen LogP contribution in [0.3, 0.4) is 0 Å². The zero-order valence-electron chi connectivity index (χ0n) is 15.7. The summed E-state index contributed by atoms with van der Waals surface area (Å²) in [6, 6.07) is 7.24. The van der Waals surface area contributed by atoms with Crippen molar-refractivity contribution in [2.45, 2.75) is 13.0 Å². The zero-order chi connectivity index (χ0) is 20.4. The average molecular weight is 412 g/mol. The first-order valence-corrected chi connectivity index (χ1v) is 9.27. The predicted molar refractivity (Wildman–Crippen MR) is 110 cm³/mol. The lowest BCUT2D eigenvalue weighted by Crippen LogP contribution is -2.25. The lowest BCUT2D eigenvalue weighted by Gasteiger charge is -2.17. The van der Waals surface area contributed by atoms with Gasteiger partial charge in [0, 0.05) is 7.05 Å². The first kappa shape index (κ1) is 18.9. The maximum atomic E-state index is 11.6. The van der Waals surface area contributed by atoms with E-state index in [0.29, 0.717) is 39.0 Å². The number of nitrogens with one attached hydrogen (secondary N) is 3. The second kappa shape index (κ2) is 7.88. The standard InChI is InChI=1S/C19H18ClN7O2/c1-10(26-18-16-17(23-8-22-16)24-9-25-18)13-6-11-4-3-5-12(20)15(11)19(27-13)29-7-14(28)21-2/h3-6,8-10H,7H2,1-2H3,(H,21,28)(H2,22,23,24,25,26)/t10-/m0/s1. The first-order valence-electron chi connectivity index (χ1n) is 8.90. The Kier molecular flexibility index (Phi) is 5.13. The van der Waals surface area contributed by atoms with Crippen LogP contribution in [0.25, 0.3) is 21.9 Å². The zero-order valence-corrected chi connectivity index (χ0v) is 16.5. The second-order valence-electron chi connectivity index (χ2n) is 6.34. The molecule has 0 radical (unpaired) electrons. The maximum absolute atomic E-state index is 11.6. The molecule has 0 unspecified atom stereocenters. The van der Waals surface area contributed by atoms with E-state index in [1.165, 1.54) is 6.33 Å². The number of nitrogens with zero attached hydrogens (tertiary/aromatic N) is 4. The van der Waals surface area contributed by atoms with Gasteiger partial charge in [0.2, 0.25) is 5.88 Å². The van der Waals surface area contributed by atoms with Crippen molar-refractivity contribution < 1.29 is 9.53 Å². The number of carbonyl (C=O) groups is 1. The third-order valence-electron chi connectivity index (χ3n) is 4.43. The van der Waals surface area contributed by atoms with E-state index in [1.54, 1.807) is 19.4 Å². The van der Waals surface area contributed by atoms with Crippen molar-refractivity contribution in [3.05, 3.63) is 47.6 Å². The van der Waals surface area contributed by atoms with Crippen LogP contribution in [0.5, 0.6) is 5.88 Å². The van der Waals surface area contributed by atoms with E-state index in [0.717, 1.165) is 5.39 Å². The van der Waals surface area contributed by atoms with Crippen LogP contribution in [-0.2, 0) is 4.79 Å². The van der Waals surface area contributed by atoms with Gasteiger partial charge in [-0.1, -0.05) is 23.7 Å². The van der Waals surface area contributed by atoms with Gasteiger partial charge in [-0.2, -0.15) is 0 Å². The van der Waals surface area contributed by atoms with Crippen LogP contribution in [-0.4, -0.2) is 44.5 Å². The van der Waals surface area contributed by atoms with Crippen molar-refractivity contribution >= 4 is 45.3 Å². The van der Waals surface area contributed by atoms with Crippen LogP contribution in [0.4, 0.5) is 5.82 Å². The Labute approximate surface area is 170 Å². The average Bonchev–Trinajstić information content (AvgIpc) is 3.21. The lowest BCUT2D eigenvalue weighted by molar-refractivity contribution is -0.122. The molecule has 0 aliphatic carbocycles. The number of hydrogen-bond acceptors (Lipinski definition) is 7. The number of aromatic amines is 1. The Hall–Kier alpha value is -3.46. The molecule has 3 aromatic heterocycles. The molecule has 1 atom stereocenters. The summed E-state index contributed by atoms with van der Waals surface area (Å²) in [4.78, 5) is 31.8. The molecule has 1 amide bonds. The minimum absolute atomic E-state index is 0.157. The van der Waals surface area contributed by atoms with Gasteiger partial charge in [-0.05, 0) is 24.4 Å². The van der Waals surface area contributed by atoms with Gasteiger partial charge >= 0.3 is 0 Å². The van der Waals surface area contributed by atoms with Crippen molar-refractivity contribution in [2.24, 2.45) is 0 Å². The Bertz CT molecular complexity index is 1190. The number of amides is 1.